The summed E-state index contributed by atoms with van der Waals surface area (Å²) in [5.41, 5.74) is -0.522. The van der Waals surface area contributed by atoms with Gasteiger partial charge < -0.3 is 14.2 Å². The van der Waals surface area contributed by atoms with E-state index in [-0.39, 0.29) is 18.0 Å². The third-order valence-electron chi connectivity index (χ3n) is 3.64. The molecule has 0 amide bonds. The zero-order valence-corrected chi connectivity index (χ0v) is 13.0. The summed E-state index contributed by atoms with van der Waals surface area (Å²) in [7, 11) is 0. The van der Waals surface area contributed by atoms with Crippen molar-refractivity contribution in [3.8, 4) is 0 Å². The smallest absolute Gasteiger partial charge is 0.377 e. The highest BCUT2D eigenvalue weighted by Crippen LogP contribution is 2.31. The van der Waals surface area contributed by atoms with E-state index in [2.05, 4.69) is 0 Å². The van der Waals surface area contributed by atoms with Gasteiger partial charge in [-0.2, -0.15) is 0 Å². The first-order valence-electron chi connectivity index (χ1n) is 7.64. The first-order valence-corrected chi connectivity index (χ1v) is 7.64. The average molecular weight is 282 g/mol. The minimum Gasteiger partial charge on any atom is -0.487 e. The fourth-order valence-electron chi connectivity index (χ4n) is 2.72. The van der Waals surface area contributed by atoms with Crippen molar-refractivity contribution >= 4 is 5.97 Å². The van der Waals surface area contributed by atoms with Gasteiger partial charge in [-0.05, 0) is 53.4 Å². The molecule has 4 heteroatoms. The lowest BCUT2D eigenvalue weighted by atomic mass is 9.95. The Hall–Kier alpha value is -1.19. The van der Waals surface area contributed by atoms with Crippen LogP contribution in [0.4, 0.5) is 0 Å². The van der Waals surface area contributed by atoms with Crippen molar-refractivity contribution in [3.05, 3.63) is 11.5 Å². The molecule has 0 saturated heterocycles. The highest BCUT2D eigenvalue weighted by atomic mass is 16.6. The number of hydrogen-bond donors (Lipinski definition) is 0. The van der Waals surface area contributed by atoms with E-state index in [1.54, 1.807) is 6.92 Å². The number of carbonyl (C=O) groups excluding carboxylic acids is 1. The Labute approximate surface area is 121 Å². The van der Waals surface area contributed by atoms with Gasteiger partial charge in [0, 0.05) is 0 Å². The molecule has 1 heterocycles. The van der Waals surface area contributed by atoms with E-state index in [0.29, 0.717) is 5.76 Å². The third kappa shape index (κ3) is 3.90. The highest BCUT2D eigenvalue weighted by molar-refractivity contribution is 5.87. The molecule has 0 spiro atoms. The molecule has 0 aromatic rings. The second-order valence-corrected chi connectivity index (χ2v) is 6.69. The monoisotopic (exact) mass is 282 g/mol. The van der Waals surface area contributed by atoms with Crippen molar-refractivity contribution in [1.82, 2.24) is 0 Å². The van der Waals surface area contributed by atoms with Gasteiger partial charge in [-0.15, -0.1) is 0 Å². The number of hydrogen-bond acceptors (Lipinski definition) is 4. The van der Waals surface area contributed by atoms with Gasteiger partial charge in [-0.3, -0.25) is 0 Å². The number of ether oxygens (including phenoxy) is 3. The third-order valence-corrected chi connectivity index (χ3v) is 3.64. The van der Waals surface area contributed by atoms with E-state index in [4.69, 9.17) is 14.2 Å². The molecule has 0 N–H and O–H groups in total. The minimum absolute atomic E-state index is 0.0125. The zero-order valence-electron chi connectivity index (χ0n) is 13.0. The molecule has 0 aromatic heterocycles. The Bertz CT molecular complexity index is 392. The summed E-state index contributed by atoms with van der Waals surface area (Å²) >= 11 is 0. The Balaban J connectivity index is 2.09. The summed E-state index contributed by atoms with van der Waals surface area (Å²) < 4.78 is 17.2. The molecule has 2 rings (SSSR count). The summed E-state index contributed by atoms with van der Waals surface area (Å²) in [5.74, 6) is 0.387. The predicted octanol–water partition coefficient (Wildman–Crippen LogP) is 3.70. The van der Waals surface area contributed by atoms with Crippen LogP contribution in [-0.4, -0.2) is 23.8 Å². The highest BCUT2D eigenvalue weighted by Gasteiger charge is 2.36. The second kappa shape index (κ2) is 6.06. The normalized spacial score (nSPS) is 27.6. The second-order valence-electron chi connectivity index (χ2n) is 6.69. The topological polar surface area (TPSA) is 44.8 Å². The van der Waals surface area contributed by atoms with Crippen LogP contribution in [0.25, 0.3) is 0 Å². The molecular formula is C16H26O4. The number of esters is 1. The van der Waals surface area contributed by atoms with Crippen LogP contribution in [0.1, 0.15) is 66.2 Å². The summed E-state index contributed by atoms with van der Waals surface area (Å²) in [6.07, 6.45) is 6.81. The molecule has 114 valence electrons. The van der Waals surface area contributed by atoms with Crippen molar-refractivity contribution in [1.29, 1.82) is 0 Å². The van der Waals surface area contributed by atoms with Gasteiger partial charge in [-0.1, -0.05) is 12.8 Å². The van der Waals surface area contributed by atoms with Crippen LogP contribution in [0, 0.1) is 0 Å². The van der Waals surface area contributed by atoms with E-state index >= 15 is 0 Å². The van der Waals surface area contributed by atoms with Crippen LogP contribution < -0.4 is 0 Å². The predicted molar refractivity (Wildman–Crippen MR) is 76.0 cm³/mol. The summed E-state index contributed by atoms with van der Waals surface area (Å²) in [6.45, 7) is 7.34. The Kier molecular flexibility index (Phi) is 4.61. The van der Waals surface area contributed by atoms with E-state index < -0.39 is 11.6 Å². The minimum atomic E-state index is -0.522. The standard InChI is InChI=1S/C16H26O4/c1-11-14(15(17)20-16(2,3)4)19-13-10-8-6-5-7-9-12(13)18-11/h12-13H,5-10H2,1-4H3/t12-,13+/m1/s1. The summed E-state index contributed by atoms with van der Waals surface area (Å²) in [6, 6.07) is 0. The van der Waals surface area contributed by atoms with Gasteiger partial charge >= 0.3 is 5.97 Å². The van der Waals surface area contributed by atoms with E-state index in [9.17, 15) is 4.79 Å². The van der Waals surface area contributed by atoms with E-state index in [0.717, 1.165) is 19.3 Å². The lowest BCUT2D eigenvalue weighted by molar-refractivity contribution is -0.161. The lowest BCUT2D eigenvalue weighted by Gasteiger charge is -2.36. The molecule has 20 heavy (non-hydrogen) atoms. The van der Waals surface area contributed by atoms with Gasteiger partial charge in [0.05, 0.1) is 0 Å². The Morgan fingerprint density at radius 3 is 2.15 bits per heavy atom. The van der Waals surface area contributed by atoms with Crippen molar-refractivity contribution < 1.29 is 19.0 Å². The van der Waals surface area contributed by atoms with E-state index in [1.165, 1.54) is 19.3 Å². The zero-order chi connectivity index (χ0) is 14.8. The van der Waals surface area contributed by atoms with Crippen molar-refractivity contribution in [2.24, 2.45) is 0 Å². The number of carbonyl (C=O) groups is 1. The average Bonchev–Trinajstić information content (AvgIpc) is 2.28. The first-order chi connectivity index (χ1) is 9.37. The van der Waals surface area contributed by atoms with Crippen LogP contribution in [0.2, 0.25) is 0 Å². The van der Waals surface area contributed by atoms with Crippen LogP contribution in [-0.2, 0) is 19.0 Å². The fourth-order valence-corrected chi connectivity index (χ4v) is 2.72. The molecule has 4 nitrogen and oxygen atoms in total. The number of fused-ring (bicyclic) bond motifs is 1. The summed E-state index contributed by atoms with van der Waals surface area (Å²) in [4.78, 5) is 12.2. The van der Waals surface area contributed by atoms with Gasteiger partial charge in [0.15, 0.2) is 0 Å². The quantitative estimate of drug-likeness (QED) is 0.688. The molecule has 0 unspecified atom stereocenters. The molecule has 1 saturated carbocycles. The first kappa shape index (κ1) is 15.2. The molecule has 0 aromatic carbocycles. The molecule has 1 aliphatic carbocycles. The SMILES string of the molecule is CC1=C(C(=O)OC(C)(C)C)O[C@H]2CCCCCC[C@H]2O1. The van der Waals surface area contributed by atoms with Gasteiger partial charge in [0.1, 0.15) is 23.6 Å². The van der Waals surface area contributed by atoms with Crippen LogP contribution >= 0.6 is 0 Å². The molecule has 2 aliphatic rings. The van der Waals surface area contributed by atoms with Crippen LogP contribution in [0.3, 0.4) is 0 Å². The van der Waals surface area contributed by atoms with Gasteiger partial charge in [0.2, 0.25) is 5.76 Å². The molecule has 2 atom stereocenters. The van der Waals surface area contributed by atoms with Crippen molar-refractivity contribution in [2.75, 3.05) is 0 Å². The largest absolute Gasteiger partial charge is 0.487 e. The Morgan fingerprint density at radius 2 is 1.60 bits per heavy atom. The Morgan fingerprint density at radius 1 is 1.05 bits per heavy atom. The van der Waals surface area contributed by atoms with Gasteiger partial charge in [0.25, 0.3) is 0 Å². The maximum atomic E-state index is 12.2. The summed E-state index contributed by atoms with van der Waals surface area (Å²) in [5, 5.41) is 0. The molecule has 1 fully saturated rings. The van der Waals surface area contributed by atoms with Crippen LogP contribution in [0.15, 0.2) is 11.5 Å². The molecule has 0 bridgehead atoms. The maximum Gasteiger partial charge on any atom is 0.377 e. The molecule has 1 aliphatic heterocycles. The van der Waals surface area contributed by atoms with Crippen molar-refractivity contribution in [3.63, 3.8) is 0 Å². The van der Waals surface area contributed by atoms with Gasteiger partial charge in [-0.25, -0.2) is 4.79 Å². The van der Waals surface area contributed by atoms with Crippen LogP contribution in [0.5, 0.6) is 0 Å². The van der Waals surface area contributed by atoms with Crippen molar-refractivity contribution in [2.45, 2.75) is 84.0 Å². The van der Waals surface area contributed by atoms with E-state index in [1.807, 2.05) is 20.8 Å². The molecular weight excluding hydrogens is 256 g/mol. The molecule has 0 radical (unpaired) electrons. The number of allylic oxidation sites excluding steroid dienone is 1. The lowest BCUT2D eigenvalue weighted by Crippen LogP contribution is -2.39. The maximum absolute atomic E-state index is 12.2. The fraction of sp³-hybridized carbons (Fsp3) is 0.812. The number of rotatable bonds is 1.